The van der Waals surface area contributed by atoms with Gasteiger partial charge in [0.1, 0.15) is 0 Å². The summed E-state index contributed by atoms with van der Waals surface area (Å²) < 4.78 is 5.50. The molecule has 1 aliphatic heterocycles. The Balaban J connectivity index is 1.38. The molecule has 30 heavy (non-hydrogen) atoms. The quantitative estimate of drug-likeness (QED) is 0.532. The van der Waals surface area contributed by atoms with Gasteiger partial charge in [0.15, 0.2) is 0 Å². The van der Waals surface area contributed by atoms with Crippen LogP contribution in [0.1, 0.15) is 29.9 Å². The summed E-state index contributed by atoms with van der Waals surface area (Å²) in [6, 6.07) is 15.5. The first-order valence-electron chi connectivity index (χ1n) is 10.2. The van der Waals surface area contributed by atoms with Crippen LogP contribution in [0.3, 0.4) is 0 Å². The summed E-state index contributed by atoms with van der Waals surface area (Å²) in [5, 5.41) is 4.79. The molecule has 1 atom stereocenters. The Morgan fingerprint density at radius 1 is 1.23 bits per heavy atom. The summed E-state index contributed by atoms with van der Waals surface area (Å²) in [5.41, 5.74) is 2.94. The molecule has 0 spiro atoms. The number of halogens is 1. The Morgan fingerprint density at radius 3 is 2.87 bits per heavy atom. The lowest BCUT2D eigenvalue weighted by molar-refractivity contribution is -0.127. The highest BCUT2D eigenvalue weighted by atomic mass is 35.5. The van der Waals surface area contributed by atoms with Gasteiger partial charge in [-0.3, -0.25) is 4.79 Å². The van der Waals surface area contributed by atoms with E-state index in [1.165, 1.54) is 0 Å². The van der Waals surface area contributed by atoms with E-state index >= 15 is 0 Å². The van der Waals surface area contributed by atoms with Crippen molar-refractivity contribution in [1.82, 2.24) is 15.0 Å². The highest BCUT2D eigenvalue weighted by Gasteiger charge is 2.24. The fourth-order valence-corrected chi connectivity index (χ4v) is 4.03. The Hall–Kier alpha value is -2.92. The predicted octanol–water partition coefficient (Wildman–Crippen LogP) is 5.19. The summed E-state index contributed by atoms with van der Waals surface area (Å²) in [5.74, 6) is 1.56. The van der Waals surface area contributed by atoms with Gasteiger partial charge in [-0.25, -0.2) is 0 Å². The lowest BCUT2D eigenvalue weighted by Crippen LogP contribution is -2.39. The molecule has 6 heteroatoms. The van der Waals surface area contributed by atoms with Crippen LogP contribution < -0.4 is 0 Å². The molecule has 0 aliphatic carbocycles. The van der Waals surface area contributed by atoms with Gasteiger partial charge in [-0.2, -0.15) is 4.98 Å². The molecule has 0 unspecified atom stereocenters. The highest BCUT2D eigenvalue weighted by Crippen LogP contribution is 2.24. The topological polar surface area (TPSA) is 59.2 Å². The molecule has 1 aliphatic rings. The second-order valence-electron chi connectivity index (χ2n) is 7.68. The average Bonchev–Trinajstić information content (AvgIpc) is 3.21. The molecule has 1 fully saturated rings. The highest BCUT2D eigenvalue weighted by molar-refractivity contribution is 6.32. The van der Waals surface area contributed by atoms with Gasteiger partial charge in [-0.05, 0) is 49.0 Å². The fraction of sp³-hybridized carbons (Fsp3) is 0.292. The van der Waals surface area contributed by atoms with Crippen LogP contribution in [0.15, 0.2) is 59.1 Å². The third-order valence-corrected chi connectivity index (χ3v) is 5.80. The van der Waals surface area contributed by atoms with E-state index in [-0.39, 0.29) is 5.91 Å². The molecule has 5 nitrogen and oxygen atoms in total. The minimum atomic E-state index is 0.00532. The number of carbonyl (C=O) groups excluding carboxylic acids is 1. The van der Waals surface area contributed by atoms with Crippen molar-refractivity contribution in [1.29, 1.82) is 0 Å². The van der Waals surface area contributed by atoms with Crippen LogP contribution >= 0.6 is 11.6 Å². The van der Waals surface area contributed by atoms with Crippen LogP contribution in [0, 0.1) is 12.8 Å². The van der Waals surface area contributed by atoms with E-state index in [1.807, 2.05) is 60.4 Å². The van der Waals surface area contributed by atoms with Gasteiger partial charge in [0.2, 0.25) is 17.6 Å². The first kappa shape index (κ1) is 20.4. The summed E-state index contributed by atoms with van der Waals surface area (Å²) in [6.45, 7) is 3.49. The molecular weight excluding hydrogens is 398 g/mol. The molecule has 0 radical (unpaired) electrons. The monoisotopic (exact) mass is 421 g/mol. The summed E-state index contributed by atoms with van der Waals surface area (Å²) in [6.07, 6.45) is 6.07. The van der Waals surface area contributed by atoms with E-state index in [0.29, 0.717) is 35.6 Å². The number of rotatable bonds is 5. The first-order valence-corrected chi connectivity index (χ1v) is 10.6. The fourth-order valence-electron chi connectivity index (χ4n) is 3.83. The lowest BCUT2D eigenvalue weighted by Gasteiger charge is -2.31. The van der Waals surface area contributed by atoms with Crippen LogP contribution in [-0.4, -0.2) is 34.0 Å². The SMILES string of the molecule is Cc1ccccc1-c1noc(C[C@@H]2CCCN(C(=O)/C=C/c3ccccc3Cl)C2)n1. The van der Waals surface area contributed by atoms with Gasteiger partial charge in [-0.1, -0.05) is 59.2 Å². The zero-order chi connectivity index (χ0) is 20.9. The maximum absolute atomic E-state index is 12.7. The molecule has 1 aromatic heterocycles. The molecule has 4 rings (SSSR count). The standard InChI is InChI=1S/C24H24ClN3O2/c1-17-7-2-4-10-20(17)24-26-22(30-27-24)15-18-8-6-14-28(16-18)23(29)13-12-19-9-3-5-11-21(19)25/h2-5,7,9-13,18H,6,8,14-16H2,1H3/b13-12+/t18-/m0/s1. The van der Waals surface area contributed by atoms with Gasteiger partial charge in [-0.15, -0.1) is 0 Å². The maximum Gasteiger partial charge on any atom is 0.246 e. The molecule has 0 bridgehead atoms. The number of hydrogen-bond acceptors (Lipinski definition) is 4. The summed E-state index contributed by atoms with van der Waals surface area (Å²) in [7, 11) is 0. The zero-order valence-corrected chi connectivity index (χ0v) is 17.7. The number of nitrogens with zero attached hydrogens (tertiary/aromatic N) is 3. The molecule has 1 amide bonds. The first-order chi connectivity index (χ1) is 14.6. The Kier molecular flexibility index (Phi) is 6.29. The van der Waals surface area contributed by atoms with Crippen molar-refractivity contribution < 1.29 is 9.32 Å². The molecular formula is C24H24ClN3O2. The largest absolute Gasteiger partial charge is 0.339 e. The van der Waals surface area contributed by atoms with Gasteiger partial charge in [0, 0.05) is 36.2 Å². The van der Waals surface area contributed by atoms with Crippen molar-refractivity contribution in [3.8, 4) is 11.4 Å². The summed E-state index contributed by atoms with van der Waals surface area (Å²) in [4.78, 5) is 19.1. The van der Waals surface area contributed by atoms with Crippen molar-refractivity contribution in [2.45, 2.75) is 26.2 Å². The normalized spacial score (nSPS) is 16.9. The Morgan fingerprint density at radius 2 is 2.03 bits per heavy atom. The van der Waals surface area contributed by atoms with Crippen LogP contribution in [-0.2, 0) is 11.2 Å². The minimum Gasteiger partial charge on any atom is -0.339 e. The second-order valence-corrected chi connectivity index (χ2v) is 8.09. The van der Waals surface area contributed by atoms with Crippen molar-refractivity contribution >= 4 is 23.6 Å². The number of aryl methyl sites for hydroxylation is 1. The molecule has 0 N–H and O–H groups in total. The Labute approximate surface area is 181 Å². The van der Waals surface area contributed by atoms with Crippen LogP contribution in [0.2, 0.25) is 5.02 Å². The van der Waals surface area contributed by atoms with Crippen molar-refractivity contribution in [3.05, 3.63) is 76.6 Å². The van der Waals surface area contributed by atoms with E-state index in [1.54, 1.807) is 12.2 Å². The van der Waals surface area contributed by atoms with E-state index in [2.05, 4.69) is 10.1 Å². The number of aromatic nitrogens is 2. The number of hydrogen-bond donors (Lipinski definition) is 0. The second kappa shape index (κ2) is 9.26. The molecule has 154 valence electrons. The number of amides is 1. The minimum absolute atomic E-state index is 0.00532. The predicted molar refractivity (Wildman–Crippen MR) is 118 cm³/mol. The summed E-state index contributed by atoms with van der Waals surface area (Å²) >= 11 is 6.16. The molecule has 2 heterocycles. The lowest BCUT2D eigenvalue weighted by atomic mass is 9.94. The van der Waals surface area contributed by atoms with Crippen LogP contribution in [0.4, 0.5) is 0 Å². The van der Waals surface area contributed by atoms with E-state index in [4.69, 9.17) is 16.1 Å². The average molecular weight is 422 g/mol. The number of piperidine rings is 1. The van der Waals surface area contributed by atoms with Gasteiger partial charge >= 0.3 is 0 Å². The van der Waals surface area contributed by atoms with E-state index in [9.17, 15) is 4.79 Å². The van der Waals surface area contributed by atoms with Crippen molar-refractivity contribution in [3.63, 3.8) is 0 Å². The zero-order valence-electron chi connectivity index (χ0n) is 16.9. The molecule has 2 aromatic carbocycles. The Bertz CT molecular complexity index is 1060. The number of carbonyl (C=O) groups is 1. The third-order valence-electron chi connectivity index (χ3n) is 5.46. The van der Waals surface area contributed by atoms with Crippen LogP contribution in [0.25, 0.3) is 17.5 Å². The number of benzene rings is 2. The van der Waals surface area contributed by atoms with E-state index < -0.39 is 0 Å². The van der Waals surface area contributed by atoms with Crippen LogP contribution in [0.5, 0.6) is 0 Å². The van der Waals surface area contributed by atoms with Gasteiger partial charge in [0.25, 0.3) is 0 Å². The number of likely N-dealkylation sites (tertiary alicyclic amines) is 1. The smallest absolute Gasteiger partial charge is 0.246 e. The maximum atomic E-state index is 12.7. The van der Waals surface area contributed by atoms with E-state index in [0.717, 1.165) is 36.1 Å². The molecule has 1 saturated heterocycles. The molecule has 0 saturated carbocycles. The third kappa shape index (κ3) is 4.79. The van der Waals surface area contributed by atoms with Gasteiger partial charge in [0.05, 0.1) is 0 Å². The van der Waals surface area contributed by atoms with Gasteiger partial charge < -0.3 is 9.42 Å². The van der Waals surface area contributed by atoms with Crippen molar-refractivity contribution in [2.24, 2.45) is 5.92 Å². The van der Waals surface area contributed by atoms with Crippen molar-refractivity contribution in [2.75, 3.05) is 13.1 Å². The molecule has 3 aromatic rings.